The summed E-state index contributed by atoms with van der Waals surface area (Å²) in [4.78, 5) is 23.9. The van der Waals surface area contributed by atoms with E-state index in [4.69, 9.17) is 4.74 Å². The molecule has 1 aliphatic rings. The number of carbonyl (C=O) groups excluding carboxylic acids is 2. The van der Waals surface area contributed by atoms with E-state index in [0.29, 0.717) is 17.7 Å². The van der Waals surface area contributed by atoms with E-state index in [9.17, 15) is 14.0 Å². The fourth-order valence-corrected chi connectivity index (χ4v) is 2.87. The van der Waals surface area contributed by atoms with Crippen LogP contribution in [-0.2, 0) is 9.59 Å². The number of amides is 2. The number of aryl methyl sites for hydroxylation is 2. The van der Waals surface area contributed by atoms with Gasteiger partial charge in [-0.3, -0.25) is 20.4 Å². The highest BCUT2D eigenvalue weighted by Gasteiger charge is 2.45. The van der Waals surface area contributed by atoms with Gasteiger partial charge in [-0.1, -0.05) is 30.3 Å². The lowest BCUT2D eigenvalue weighted by atomic mass is 10.1. The first kappa shape index (κ1) is 17.9. The van der Waals surface area contributed by atoms with Crippen LogP contribution in [0.4, 0.5) is 4.39 Å². The molecule has 0 radical (unpaired) electrons. The maximum Gasteiger partial charge on any atom is 0.276 e. The third kappa shape index (κ3) is 4.20. The minimum atomic E-state index is -0.456. The molecule has 0 spiro atoms. The molecule has 2 aromatic rings. The third-order valence-electron chi connectivity index (χ3n) is 4.46. The van der Waals surface area contributed by atoms with Crippen LogP contribution in [0.25, 0.3) is 0 Å². The van der Waals surface area contributed by atoms with Gasteiger partial charge >= 0.3 is 0 Å². The lowest BCUT2D eigenvalue weighted by molar-refractivity contribution is -0.130. The van der Waals surface area contributed by atoms with Gasteiger partial charge in [0.05, 0.1) is 0 Å². The van der Waals surface area contributed by atoms with E-state index in [0.717, 1.165) is 11.1 Å². The molecular weight excluding hydrogens is 335 g/mol. The lowest BCUT2D eigenvalue weighted by Gasteiger charge is -2.11. The van der Waals surface area contributed by atoms with Crippen LogP contribution in [0.15, 0.2) is 42.5 Å². The first-order valence-corrected chi connectivity index (χ1v) is 8.49. The molecule has 2 amide bonds. The Balaban J connectivity index is 1.44. The fraction of sp³-hybridized carbons (Fsp3) is 0.300. The molecule has 0 bridgehead atoms. The van der Waals surface area contributed by atoms with Crippen LogP contribution >= 0.6 is 0 Å². The van der Waals surface area contributed by atoms with Crippen molar-refractivity contribution in [3.63, 3.8) is 0 Å². The number of halogens is 1. The number of rotatable bonds is 5. The normalized spacial score (nSPS) is 18.1. The van der Waals surface area contributed by atoms with E-state index < -0.39 is 5.91 Å². The molecule has 6 heteroatoms. The Morgan fingerprint density at radius 3 is 2.69 bits per heavy atom. The third-order valence-corrected chi connectivity index (χ3v) is 4.46. The summed E-state index contributed by atoms with van der Waals surface area (Å²) in [6.07, 6.45) is 0.571. The molecule has 26 heavy (non-hydrogen) atoms. The molecule has 0 saturated heterocycles. The van der Waals surface area contributed by atoms with Crippen LogP contribution in [0.3, 0.4) is 0 Å². The average Bonchev–Trinajstić information content (AvgIpc) is 3.41. The maximum absolute atomic E-state index is 13.7. The molecule has 1 fully saturated rings. The number of hydrazine groups is 1. The van der Waals surface area contributed by atoms with Gasteiger partial charge in [-0.15, -0.1) is 0 Å². The number of nitrogens with one attached hydrogen (secondary N) is 2. The Bertz CT molecular complexity index is 838. The van der Waals surface area contributed by atoms with Crippen molar-refractivity contribution in [3.05, 3.63) is 65.0 Å². The zero-order chi connectivity index (χ0) is 18.7. The van der Waals surface area contributed by atoms with E-state index in [1.807, 2.05) is 32.0 Å². The highest BCUT2D eigenvalue weighted by molar-refractivity contribution is 5.86. The largest absolute Gasteiger partial charge is 0.483 e. The number of benzene rings is 2. The van der Waals surface area contributed by atoms with Crippen LogP contribution < -0.4 is 15.6 Å². The van der Waals surface area contributed by atoms with Crippen molar-refractivity contribution in [2.75, 3.05) is 6.61 Å². The Morgan fingerprint density at radius 2 is 1.92 bits per heavy atom. The van der Waals surface area contributed by atoms with Gasteiger partial charge in [0, 0.05) is 5.92 Å². The van der Waals surface area contributed by atoms with E-state index >= 15 is 0 Å². The summed E-state index contributed by atoms with van der Waals surface area (Å²) in [5.41, 5.74) is 7.22. The zero-order valence-corrected chi connectivity index (χ0v) is 14.7. The Kier molecular flexibility index (Phi) is 5.21. The minimum absolute atomic E-state index is 0.140. The smallest absolute Gasteiger partial charge is 0.276 e. The van der Waals surface area contributed by atoms with Gasteiger partial charge in [0.2, 0.25) is 5.91 Å². The molecule has 2 N–H and O–H groups in total. The fourth-order valence-electron chi connectivity index (χ4n) is 2.87. The number of ether oxygens (including phenoxy) is 1. The van der Waals surface area contributed by atoms with Crippen molar-refractivity contribution in [3.8, 4) is 5.75 Å². The Labute approximate surface area is 151 Å². The van der Waals surface area contributed by atoms with Gasteiger partial charge < -0.3 is 4.74 Å². The highest BCUT2D eigenvalue weighted by Crippen LogP contribution is 2.48. The van der Waals surface area contributed by atoms with Gasteiger partial charge in [0.25, 0.3) is 5.91 Å². The molecule has 2 unspecified atom stereocenters. The molecule has 0 heterocycles. The molecule has 1 saturated carbocycles. The predicted octanol–water partition coefficient (Wildman–Crippen LogP) is 2.77. The van der Waals surface area contributed by atoms with E-state index in [-0.39, 0.29) is 30.2 Å². The molecule has 136 valence electrons. The summed E-state index contributed by atoms with van der Waals surface area (Å²) in [6.45, 7) is 3.63. The molecular formula is C20H21FN2O3. The van der Waals surface area contributed by atoms with Crippen molar-refractivity contribution in [2.45, 2.75) is 26.2 Å². The SMILES string of the molecule is Cc1ccc(C)c(OCC(=O)NNC(=O)C2CC2c2ccccc2F)c1. The van der Waals surface area contributed by atoms with Crippen LogP contribution in [-0.4, -0.2) is 18.4 Å². The summed E-state index contributed by atoms with van der Waals surface area (Å²) in [5.74, 6) is -0.917. The van der Waals surface area contributed by atoms with E-state index in [1.165, 1.54) is 6.07 Å². The van der Waals surface area contributed by atoms with Gasteiger partial charge in [0.15, 0.2) is 6.61 Å². The van der Waals surface area contributed by atoms with Crippen LogP contribution in [0.5, 0.6) is 5.75 Å². The quantitative estimate of drug-likeness (QED) is 0.810. The monoisotopic (exact) mass is 356 g/mol. The zero-order valence-electron chi connectivity index (χ0n) is 14.7. The summed E-state index contributed by atoms with van der Waals surface area (Å²) in [6, 6.07) is 12.2. The van der Waals surface area contributed by atoms with E-state index in [1.54, 1.807) is 18.2 Å². The summed E-state index contributed by atoms with van der Waals surface area (Å²) >= 11 is 0. The number of carbonyl (C=O) groups is 2. The highest BCUT2D eigenvalue weighted by atomic mass is 19.1. The second-order valence-corrected chi connectivity index (χ2v) is 6.57. The van der Waals surface area contributed by atoms with Crippen LogP contribution in [0, 0.1) is 25.6 Å². The second kappa shape index (κ2) is 7.56. The van der Waals surface area contributed by atoms with Gasteiger partial charge in [-0.2, -0.15) is 0 Å². The molecule has 2 atom stereocenters. The maximum atomic E-state index is 13.7. The van der Waals surface area contributed by atoms with Crippen molar-refractivity contribution in [1.82, 2.24) is 10.9 Å². The molecule has 2 aromatic carbocycles. The standard InChI is InChI=1S/C20H21FN2O3/c1-12-7-8-13(2)18(9-12)26-11-19(24)22-23-20(25)16-10-15(16)14-5-3-4-6-17(14)21/h3-9,15-16H,10-11H2,1-2H3,(H,22,24)(H,23,25). The summed E-state index contributed by atoms with van der Waals surface area (Å²) in [5, 5.41) is 0. The van der Waals surface area contributed by atoms with Crippen molar-refractivity contribution in [1.29, 1.82) is 0 Å². The van der Waals surface area contributed by atoms with Crippen LogP contribution in [0.1, 0.15) is 29.0 Å². The topological polar surface area (TPSA) is 67.4 Å². The van der Waals surface area contributed by atoms with Gasteiger partial charge in [-0.05, 0) is 55.0 Å². The summed E-state index contributed by atoms with van der Waals surface area (Å²) < 4.78 is 19.2. The summed E-state index contributed by atoms with van der Waals surface area (Å²) in [7, 11) is 0. The second-order valence-electron chi connectivity index (χ2n) is 6.57. The predicted molar refractivity (Wildman–Crippen MR) is 94.9 cm³/mol. The van der Waals surface area contributed by atoms with Crippen molar-refractivity contribution >= 4 is 11.8 Å². The average molecular weight is 356 g/mol. The molecule has 5 nitrogen and oxygen atoms in total. The lowest BCUT2D eigenvalue weighted by Crippen LogP contribution is -2.44. The molecule has 0 aliphatic heterocycles. The van der Waals surface area contributed by atoms with Gasteiger partial charge in [-0.25, -0.2) is 4.39 Å². The van der Waals surface area contributed by atoms with Gasteiger partial charge in [0.1, 0.15) is 11.6 Å². The van der Waals surface area contributed by atoms with Crippen molar-refractivity contribution in [2.24, 2.45) is 5.92 Å². The Hall–Kier alpha value is -2.89. The first-order valence-electron chi connectivity index (χ1n) is 8.49. The first-order chi connectivity index (χ1) is 12.5. The minimum Gasteiger partial charge on any atom is -0.483 e. The number of hydrogen-bond acceptors (Lipinski definition) is 3. The van der Waals surface area contributed by atoms with Crippen molar-refractivity contribution < 1.29 is 18.7 Å². The Morgan fingerprint density at radius 1 is 1.15 bits per heavy atom. The molecule has 0 aromatic heterocycles. The van der Waals surface area contributed by atoms with E-state index in [2.05, 4.69) is 10.9 Å². The number of hydrogen-bond donors (Lipinski definition) is 2. The molecule has 3 rings (SSSR count). The van der Waals surface area contributed by atoms with Crippen LogP contribution in [0.2, 0.25) is 0 Å². The molecule has 1 aliphatic carbocycles.